The molecule has 1 saturated heterocycles. The number of aliphatic hydroxyl groups is 1. The summed E-state index contributed by atoms with van der Waals surface area (Å²) in [7, 11) is 3.83. The largest absolute Gasteiger partial charge is 0.397 e. The quantitative estimate of drug-likeness (QED) is 0.814. The molecule has 1 fully saturated rings. The average Bonchev–Trinajstić information content (AvgIpc) is 2.78. The van der Waals surface area contributed by atoms with Crippen LogP contribution in [0.1, 0.15) is 23.7 Å². The molecule has 5 heteroatoms. The van der Waals surface area contributed by atoms with Gasteiger partial charge in [-0.3, -0.25) is 4.79 Å². The van der Waals surface area contributed by atoms with Crippen LogP contribution in [0.15, 0.2) is 18.2 Å². The predicted molar refractivity (Wildman–Crippen MR) is 80.9 cm³/mol. The summed E-state index contributed by atoms with van der Waals surface area (Å²) in [4.78, 5) is 16.2. The Balaban J connectivity index is 2.24. The second kappa shape index (κ2) is 5.71. The van der Waals surface area contributed by atoms with Crippen molar-refractivity contribution in [1.29, 1.82) is 0 Å². The van der Waals surface area contributed by atoms with Crippen LogP contribution in [-0.4, -0.2) is 49.2 Å². The van der Waals surface area contributed by atoms with Gasteiger partial charge in [0.05, 0.1) is 24.0 Å². The third-order valence-corrected chi connectivity index (χ3v) is 4.09. The van der Waals surface area contributed by atoms with Crippen LogP contribution < -0.4 is 10.6 Å². The molecule has 1 amide bonds. The molecule has 5 nitrogen and oxygen atoms in total. The van der Waals surface area contributed by atoms with Crippen molar-refractivity contribution in [2.75, 3.05) is 37.9 Å². The van der Waals surface area contributed by atoms with Crippen LogP contribution in [0.4, 0.5) is 11.4 Å². The summed E-state index contributed by atoms with van der Waals surface area (Å²) in [5, 5.41) is 9.45. The fraction of sp³-hybridized carbons (Fsp3) is 0.533. The number of carbonyl (C=O) groups is 1. The average molecular weight is 277 g/mol. The van der Waals surface area contributed by atoms with Gasteiger partial charge in [0.15, 0.2) is 0 Å². The van der Waals surface area contributed by atoms with E-state index in [4.69, 9.17) is 5.73 Å². The van der Waals surface area contributed by atoms with Gasteiger partial charge in [0.25, 0.3) is 5.91 Å². The van der Waals surface area contributed by atoms with Crippen LogP contribution in [0.25, 0.3) is 0 Å². The van der Waals surface area contributed by atoms with E-state index in [0.29, 0.717) is 23.7 Å². The number of hydrogen-bond acceptors (Lipinski definition) is 4. The standard InChI is InChI=1S/C15H23N3O2/c1-10-6-7-18(14(10)9-19)15(20)11-4-5-13(17(2)3)12(16)8-11/h4-5,8,10,14,19H,6-7,9,16H2,1-3H3. The van der Waals surface area contributed by atoms with E-state index in [-0.39, 0.29) is 18.6 Å². The number of benzene rings is 1. The van der Waals surface area contributed by atoms with Gasteiger partial charge in [-0.2, -0.15) is 0 Å². The number of aliphatic hydroxyl groups excluding tert-OH is 1. The van der Waals surface area contributed by atoms with Gasteiger partial charge >= 0.3 is 0 Å². The molecule has 0 spiro atoms. The van der Waals surface area contributed by atoms with Crippen molar-refractivity contribution < 1.29 is 9.90 Å². The summed E-state index contributed by atoms with van der Waals surface area (Å²) in [6.07, 6.45) is 0.933. The number of anilines is 2. The van der Waals surface area contributed by atoms with Gasteiger partial charge in [-0.1, -0.05) is 6.92 Å². The van der Waals surface area contributed by atoms with Crippen molar-refractivity contribution in [2.24, 2.45) is 5.92 Å². The lowest BCUT2D eigenvalue weighted by atomic mass is 10.0. The lowest BCUT2D eigenvalue weighted by Crippen LogP contribution is -2.39. The maximum absolute atomic E-state index is 12.5. The Morgan fingerprint density at radius 3 is 2.75 bits per heavy atom. The fourth-order valence-electron chi connectivity index (χ4n) is 2.80. The first kappa shape index (κ1) is 14.7. The second-order valence-electron chi connectivity index (χ2n) is 5.68. The number of likely N-dealkylation sites (tertiary alicyclic amines) is 1. The number of rotatable bonds is 3. The topological polar surface area (TPSA) is 69.8 Å². The number of nitrogens with two attached hydrogens (primary N) is 1. The minimum absolute atomic E-state index is 0.0121. The first-order valence-electron chi connectivity index (χ1n) is 6.94. The van der Waals surface area contributed by atoms with E-state index >= 15 is 0 Å². The molecule has 2 unspecified atom stereocenters. The lowest BCUT2D eigenvalue weighted by molar-refractivity contribution is 0.0648. The van der Waals surface area contributed by atoms with E-state index < -0.39 is 0 Å². The Morgan fingerprint density at radius 2 is 2.20 bits per heavy atom. The molecule has 0 bridgehead atoms. The Hall–Kier alpha value is -1.75. The molecule has 0 saturated carbocycles. The molecule has 2 rings (SSSR count). The highest BCUT2D eigenvalue weighted by atomic mass is 16.3. The summed E-state index contributed by atoms with van der Waals surface area (Å²) >= 11 is 0. The summed E-state index contributed by atoms with van der Waals surface area (Å²) < 4.78 is 0. The van der Waals surface area contributed by atoms with Crippen molar-refractivity contribution in [2.45, 2.75) is 19.4 Å². The first-order valence-corrected chi connectivity index (χ1v) is 6.94. The van der Waals surface area contributed by atoms with Gasteiger partial charge in [-0.15, -0.1) is 0 Å². The molecule has 1 aliphatic rings. The van der Waals surface area contributed by atoms with Crippen molar-refractivity contribution in [3.63, 3.8) is 0 Å². The minimum atomic E-state index is -0.0859. The highest BCUT2D eigenvalue weighted by Gasteiger charge is 2.34. The zero-order chi connectivity index (χ0) is 14.9. The Labute approximate surface area is 120 Å². The SMILES string of the molecule is CC1CCN(C(=O)c2ccc(N(C)C)c(N)c2)C1CO. The van der Waals surface area contributed by atoms with E-state index in [1.807, 2.05) is 25.1 Å². The fourth-order valence-corrected chi connectivity index (χ4v) is 2.80. The maximum atomic E-state index is 12.5. The van der Waals surface area contributed by atoms with E-state index in [1.54, 1.807) is 17.0 Å². The first-order chi connectivity index (χ1) is 9.45. The van der Waals surface area contributed by atoms with E-state index in [9.17, 15) is 9.90 Å². The molecular weight excluding hydrogens is 254 g/mol. The molecule has 110 valence electrons. The van der Waals surface area contributed by atoms with Gasteiger partial charge in [0.2, 0.25) is 0 Å². The van der Waals surface area contributed by atoms with Crippen LogP contribution >= 0.6 is 0 Å². The number of hydrogen-bond donors (Lipinski definition) is 2. The molecule has 20 heavy (non-hydrogen) atoms. The summed E-state index contributed by atoms with van der Waals surface area (Å²) in [5.74, 6) is 0.285. The summed E-state index contributed by atoms with van der Waals surface area (Å²) in [6.45, 7) is 2.77. The summed E-state index contributed by atoms with van der Waals surface area (Å²) in [6, 6.07) is 5.29. The second-order valence-corrected chi connectivity index (χ2v) is 5.68. The minimum Gasteiger partial charge on any atom is -0.397 e. The third-order valence-electron chi connectivity index (χ3n) is 4.09. The van der Waals surface area contributed by atoms with E-state index in [2.05, 4.69) is 6.92 Å². The highest BCUT2D eigenvalue weighted by Crippen LogP contribution is 2.28. The monoisotopic (exact) mass is 277 g/mol. The molecule has 0 aromatic heterocycles. The van der Waals surface area contributed by atoms with E-state index in [0.717, 1.165) is 12.1 Å². The normalized spacial score (nSPS) is 22.1. The number of nitrogen functional groups attached to an aromatic ring is 1. The molecule has 0 radical (unpaired) electrons. The van der Waals surface area contributed by atoms with E-state index in [1.165, 1.54) is 0 Å². The zero-order valence-corrected chi connectivity index (χ0v) is 12.3. The lowest BCUT2D eigenvalue weighted by Gasteiger charge is -2.25. The van der Waals surface area contributed by atoms with Gasteiger partial charge < -0.3 is 20.6 Å². The molecule has 1 aliphatic heterocycles. The van der Waals surface area contributed by atoms with Crippen molar-refractivity contribution >= 4 is 17.3 Å². The van der Waals surface area contributed by atoms with Gasteiger partial charge in [0.1, 0.15) is 0 Å². The van der Waals surface area contributed by atoms with Crippen molar-refractivity contribution in [3.8, 4) is 0 Å². The summed E-state index contributed by atoms with van der Waals surface area (Å²) in [5.41, 5.74) is 8.06. The van der Waals surface area contributed by atoms with Gasteiger partial charge in [0, 0.05) is 26.2 Å². The highest BCUT2D eigenvalue weighted by molar-refractivity contribution is 5.96. The molecule has 1 heterocycles. The molecular formula is C15H23N3O2. The molecule has 2 atom stereocenters. The molecule has 0 aliphatic carbocycles. The van der Waals surface area contributed by atoms with Crippen LogP contribution in [-0.2, 0) is 0 Å². The Bertz CT molecular complexity index is 502. The molecule has 3 N–H and O–H groups in total. The zero-order valence-electron chi connectivity index (χ0n) is 12.3. The van der Waals surface area contributed by atoms with Crippen LogP contribution in [0, 0.1) is 5.92 Å². The van der Waals surface area contributed by atoms with Crippen molar-refractivity contribution in [3.05, 3.63) is 23.8 Å². The smallest absolute Gasteiger partial charge is 0.254 e. The Morgan fingerprint density at radius 1 is 1.50 bits per heavy atom. The third kappa shape index (κ3) is 2.58. The van der Waals surface area contributed by atoms with Gasteiger partial charge in [-0.25, -0.2) is 0 Å². The van der Waals surface area contributed by atoms with Crippen LogP contribution in [0.2, 0.25) is 0 Å². The van der Waals surface area contributed by atoms with Crippen LogP contribution in [0.3, 0.4) is 0 Å². The molecule has 1 aromatic carbocycles. The predicted octanol–water partition coefficient (Wildman–Crippen LogP) is 1.18. The van der Waals surface area contributed by atoms with Gasteiger partial charge in [-0.05, 0) is 30.5 Å². The number of carbonyl (C=O) groups excluding carboxylic acids is 1. The van der Waals surface area contributed by atoms with Crippen LogP contribution in [0.5, 0.6) is 0 Å². The number of amides is 1. The molecule has 1 aromatic rings. The maximum Gasteiger partial charge on any atom is 0.254 e. The van der Waals surface area contributed by atoms with Crippen molar-refractivity contribution in [1.82, 2.24) is 4.90 Å². The number of nitrogens with zero attached hydrogens (tertiary/aromatic N) is 2. The Kier molecular flexibility index (Phi) is 4.18.